The van der Waals surface area contributed by atoms with Gasteiger partial charge in [0.2, 0.25) is 5.89 Å². The zero-order valence-electron chi connectivity index (χ0n) is 25.4. The van der Waals surface area contributed by atoms with E-state index in [0.29, 0.717) is 72.7 Å². The summed E-state index contributed by atoms with van der Waals surface area (Å²) < 4.78 is 24.0. The van der Waals surface area contributed by atoms with Crippen LogP contribution in [0.3, 0.4) is 0 Å². The van der Waals surface area contributed by atoms with Crippen molar-refractivity contribution in [2.75, 3.05) is 14.1 Å². The van der Waals surface area contributed by atoms with Crippen molar-refractivity contribution in [3.8, 4) is 22.8 Å². The van der Waals surface area contributed by atoms with Crippen molar-refractivity contribution in [3.63, 3.8) is 0 Å². The molecule has 0 aliphatic heterocycles. The molecule has 1 amide bonds. The van der Waals surface area contributed by atoms with Crippen LogP contribution in [0.4, 0.5) is 0 Å². The molecule has 0 aliphatic carbocycles. The van der Waals surface area contributed by atoms with E-state index in [4.69, 9.17) is 24.3 Å². The quantitative estimate of drug-likeness (QED) is 0.165. The molecule has 228 valence electrons. The molecular weight excluding hydrogens is 558 g/mol. The first-order valence-corrected chi connectivity index (χ1v) is 14.5. The van der Waals surface area contributed by atoms with Crippen molar-refractivity contribution < 1.29 is 23.3 Å². The second-order valence-electron chi connectivity index (χ2n) is 11.1. The van der Waals surface area contributed by atoms with Gasteiger partial charge in [0.25, 0.3) is 5.91 Å². The first-order chi connectivity index (χ1) is 21.3. The van der Waals surface area contributed by atoms with Crippen LogP contribution in [-0.2, 0) is 32.6 Å². The van der Waals surface area contributed by atoms with Gasteiger partial charge in [-0.2, -0.15) is 4.98 Å². The topological polar surface area (TPSA) is 130 Å². The minimum Gasteiger partial charge on any atom is -0.488 e. The van der Waals surface area contributed by atoms with Gasteiger partial charge in [-0.3, -0.25) is 4.79 Å². The second-order valence-corrected chi connectivity index (χ2v) is 11.1. The summed E-state index contributed by atoms with van der Waals surface area (Å²) in [7, 11) is 3.85. The van der Waals surface area contributed by atoms with Gasteiger partial charge in [0.1, 0.15) is 24.7 Å². The number of benzene rings is 3. The largest absolute Gasteiger partial charge is 0.488 e. The standard InChI is InChI=1S/C34H37N5O5/c1-22(2)26-17-27(33-25(32(34(35)40)38-44-33)15-16-30-36-31(43-37-30)19-39(3)4)29(42-21-24-13-9-6-10-14-24)18-28(26)41-20-23-11-7-5-8-12-23/h5-14,17-18,22H,15-16,19-21H2,1-4H3,(H2,35,40). The number of aromatic nitrogens is 3. The number of carbonyl (C=O) groups is 1. The van der Waals surface area contributed by atoms with Crippen molar-refractivity contribution in [2.45, 2.75) is 52.4 Å². The molecular formula is C34H37N5O5. The van der Waals surface area contributed by atoms with Crippen molar-refractivity contribution >= 4 is 5.91 Å². The molecule has 0 bridgehead atoms. The fourth-order valence-corrected chi connectivity index (χ4v) is 4.83. The number of hydrogen-bond donors (Lipinski definition) is 1. The van der Waals surface area contributed by atoms with Crippen molar-refractivity contribution in [2.24, 2.45) is 5.73 Å². The average molecular weight is 596 g/mol. The van der Waals surface area contributed by atoms with Crippen LogP contribution >= 0.6 is 0 Å². The fraction of sp³-hybridized carbons (Fsp3) is 0.294. The second kappa shape index (κ2) is 14.0. The summed E-state index contributed by atoms with van der Waals surface area (Å²) in [6, 6.07) is 23.7. The molecule has 10 heteroatoms. The van der Waals surface area contributed by atoms with Gasteiger partial charge >= 0.3 is 0 Å². The molecule has 2 aromatic heterocycles. The zero-order chi connectivity index (χ0) is 31.1. The molecule has 0 saturated carbocycles. The summed E-state index contributed by atoms with van der Waals surface area (Å²) in [6.07, 6.45) is 0.736. The molecule has 10 nitrogen and oxygen atoms in total. The number of nitrogens with zero attached hydrogens (tertiary/aromatic N) is 4. The van der Waals surface area contributed by atoms with Gasteiger partial charge in [0.05, 0.1) is 12.1 Å². The highest BCUT2D eigenvalue weighted by molar-refractivity contribution is 5.94. The number of ether oxygens (including phenoxy) is 2. The summed E-state index contributed by atoms with van der Waals surface area (Å²) in [4.78, 5) is 18.9. The van der Waals surface area contributed by atoms with E-state index in [1.165, 1.54) is 0 Å². The fourth-order valence-electron chi connectivity index (χ4n) is 4.83. The van der Waals surface area contributed by atoms with Crippen LogP contribution in [0.15, 0.2) is 81.8 Å². The Balaban J connectivity index is 1.53. The van der Waals surface area contributed by atoms with E-state index < -0.39 is 5.91 Å². The third-order valence-corrected chi connectivity index (χ3v) is 7.03. The zero-order valence-corrected chi connectivity index (χ0v) is 25.4. The lowest BCUT2D eigenvalue weighted by molar-refractivity contribution is 0.0991. The highest BCUT2D eigenvalue weighted by atomic mass is 16.5. The normalized spacial score (nSPS) is 11.3. The van der Waals surface area contributed by atoms with Gasteiger partial charge in [0.15, 0.2) is 17.3 Å². The molecule has 3 aromatic carbocycles. The number of carbonyl (C=O) groups excluding carboxylic acids is 1. The van der Waals surface area contributed by atoms with Crippen LogP contribution in [0, 0.1) is 0 Å². The van der Waals surface area contributed by atoms with E-state index in [1.54, 1.807) is 0 Å². The number of aryl methyl sites for hydroxylation is 1. The third kappa shape index (κ3) is 7.51. The number of primary amides is 1. The Labute approximate surface area is 256 Å². The van der Waals surface area contributed by atoms with Crippen molar-refractivity contribution in [3.05, 3.63) is 112 Å². The lowest BCUT2D eigenvalue weighted by Gasteiger charge is -2.19. The van der Waals surface area contributed by atoms with Crippen LogP contribution in [0.25, 0.3) is 11.3 Å². The molecule has 2 N–H and O–H groups in total. The Morgan fingerprint density at radius 2 is 1.50 bits per heavy atom. The predicted octanol–water partition coefficient (Wildman–Crippen LogP) is 5.95. The summed E-state index contributed by atoms with van der Waals surface area (Å²) in [5, 5.41) is 8.17. The molecule has 0 radical (unpaired) electrons. The number of nitrogens with two attached hydrogens (primary N) is 1. The van der Waals surface area contributed by atoms with Gasteiger partial charge in [-0.15, -0.1) is 0 Å². The lowest BCUT2D eigenvalue weighted by Crippen LogP contribution is -2.14. The molecule has 0 aliphatic rings. The molecule has 5 rings (SSSR count). The van der Waals surface area contributed by atoms with E-state index in [2.05, 4.69) is 29.1 Å². The monoisotopic (exact) mass is 595 g/mol. The number of hydrogen-bond acceptors (Lipinski definition) is 9. The van der Waals surface area contributed by atoms with Crippen molar-refractivity contribution in [1.82, 2.24) is 20.2 Å². The molecule has 0 fully saturated rings. The SMILES string of the molecule is CC(C)c1cc(-c2onc(C(N)=O)c2CCc2noc(CN(C)C)n2)c(OCc2ccccc2)cc1OCc1ccccc1. The van der Waals surface area contributed by atoms with E-state index in [0.717, 1.165) is 16.7 Å². The van der Waals surface area contributed by atoms with Crippen LogP contribution in [-0.4, -0.2) is 40.2 Å². The minimum absolute atomic E-state index is 0.0570. The van der Waals surface area contributed by atoms with Gasteiger partial charge in [0, 0.05) is 18.1 Å². The van der Waals surface area contributed by atoms with Crippen LogP contribution in [0.5, 0.6) is 11.5 Å². The molecule has 0 spiro atoms. The maximum atomic E-state index is 12.4. The maximum Gasteiger partial charge on any atom is 0.271 e. The minimum atomic E-state index is -0.685. The van der Waals surface area contributed by atoms with Gasteiger partial charge < -0.3 is 29.2 Å². The summed E-state index contributed by atoms with van der Waals surface area (Å²) in [6.45, 7) is 5.43. The average Bonchev–Trinajstić information content (AvgIpc) is 3.65. The number of rotatable bonds is 14. The van der Waals surface area contributed by atoms with E-state index in [9.17, 15) is 4.79 Å². The highest BCUT2D eigenvalue weighted by Crippen LogP contribution is 2.42. The summed E-state index contributed by atoms with van der Waals surface area (Å²) in [5.41, 5.74) is 10.00. The molecule has 44 heavy (non-hydrogen) atoms. The maximum absolute atomic E-state index is 12.4. The van der Waals surface area contributed by atoms with E-state index >= 15 is 0 Å². The Morgan fingerprint density at radius 3 is 2.09 bits per heavy atom. The van der Waals surface area contributed by atoms with Crippen LogP contribution < -0.4 is 15.2 Å². The summed E-state index contributed by atoms with van der Waals surface area (Å²) in [5.74, 6) is 2.08. The van der Waals surface area contributed by atoms with Gasteiger partial charge in [-0.1, -0.05) is 84.8 Å². The molecule has 0 saturated heterocycles. The predicted molar refractivity (Wildman–Crippen MR) is 165 cm³/mol. The lowest BCUT2D eigenvalue weighted by atomic mass is 9.95. The highest BCUT2D eigenvalue weighted by Gasteiger charge is 2.26. The summed E-state index contributed by atoms with van der Waals surface area (Å²) >= 11 is 0. The Hall–Kier alpha value is -4.96. The van der Waals surface area contributed by atoms with Crippen molar-refractivity contribution in [1.29, 1.82) is 0 Å². The van der Waals surface area contributed by atoms with E-state index in [-0.39, 0.29) is 11.6 Å². The van der Waals surface area contributed by atoms with E-state index in [1.807, 2.05) is 91.8 Å². The molecule has 0 atom stereocenters. The number of amides is 1. The Kier molecular flexibility index (Phi) is 9.71. The molecule has 2 heterocycles. The smallest absolute Gasteiger partial charge is 0.271 e. The third-order valence-electron chi connectivity index (χ3n) is 7.03. The molecule has 0 unspecified atom stereocenters. The first kappa shape index (κ1) is 30.5. The Bertz CT molecular complexity index is 1680. The first-order valence-electron chi connectivity index (χ1n) is 14.5. The molecule has 5 aromatic rings. The van der Waals surface area contributed by atoms with Gasteiger partial charge in [-0.05, 0) is 49.2 Å². The van der Waals surface area contributed by atoms with Crippen LogP contribution in [0.2, 0.25) is 0 Å². The van der Waals surface area contributed by atoms with Gasteiger partial charge in [-0.25, -0.2) is 0 Å². The Morgan fingerprint density at radius 1 is 0.864 bits per heavy atom. The van der Waals surface area contributed by atoms with Crippen LogP contribution in [0.1, 0.15) is 64.2 Å².